The molecule has 0 spiro atoms. The van der Waals surface area contributed by atoms with E-state index in [2.05, 4.69) is 10.3 Å². The molecule has 1 aromatic carbocycles. The van der Waals surface area contributed by atoms with E-state index in [1.165, 1.54) is 10.7 Å². The van der Waals surface area contributed by atoms with Gasteiger partial charge in [0.2, 0.25) is 10.0 Å². The zero-order chi connectivity index (χ0) is 10.3. The minimum absolute atomic E-state index is 0.0440. The maximum Gasteiger partial charge on any atom is 0.240 e. The number of hydrogen-bond donors (Lipinski definition) is 1. The molecule has 6 nitrogen and oxygen atoms in total. The van der Waals surface area contributed by atoms with Gasteiger partial charge in [-0.05, 0) is 12.1 Å². The van der Waals surface area contributed by atoms with E-state index in [1.54, 1.807) is 19.2 Å². The molecule has 0 unspecified atom stereocenters. The Labute approximate surface area is 80.4 Å². The number of primary sulfonamides is 1. The predicted octanol–water partition coefficient (Wildman–Crippen LogP) is -0.384. The average Bonchev–Trinajstić information content (AvgIpc) is 2.46. The highest BCUT2D eigenvalue weighted by molar-refractivity contribution is 7.89. The first-order valence-corrected chi connectivity index (χ1v) is 5.36. The maximum absolute atomic E-state index is 11.2. The molecule has 7 heteroatoms. The molecule has 14 heavy (non-hydrogen) atoms. The van der Waals surface area contributed by atoms with Crippen molar-refractivity contribution < 1.29 is 8.42 Å². The third-order valence-corrected chi connectivity index (χ3v) is 2.84. The Bertz CT molecular complexity index is 587. The molecule has 1 heterocycles. The number of fused-ring (bicyclic) bond motifs is 1. The average molecular weight is 212 g/mol. The van der Waals surface area contributed by atoms with Crippen molar-refractivity contribution in [2.45, 2.75) is 4.90 Å². The lowest BCUT2D eigenvalue weighted by molar-refractivity contribution is 0.597. The lowest BCUT2D eigenvalue weighted by Gasteiger charge is -2.00. The highest BCUT2D eigenvalue weighted by atomic mass is 32.2. The van der Waals surface area contributed by atoms with Gasteiger partial charge >= 0.3 is 0 Å². The predicted molar refractivity (Wildman–Crippen MR) is 49.9 cm³/mol. The third kappa shape index (κ3) is 1.26. The van der Waals surface area contributed by atoms with E-state index in [9.17, 15) is 8.42 Å². The van der Waals surface area contributed by atoms with E-state index in [0.717, 1.165) is 0 Å². The molecule has 1 aromatic heterocycles. The van der Waals surface area contributed by atoms with Crippen molar-refractivity contribution in [2.24, 2.45) is 12.2 Å². The van der Waals surface area contributed by atoms with Crippen molar-refractivity contribution in [2.75, 3.05) is 0 Å². The van der Waals surface area contributed by atoms with Gasteiger partial charge in [-0.1, -0.05) is 11.3 Å². The highest BCUT2D eigenvalue weighted by Crippen LogP contribution is 2.18. The molecular formula is C7H8N4O2S. The molecule has 0 aliphatic heterocycles. The smallest absolute Gasteiger partial charge is 0.240 e. The van der Waals surface area contributed by atoms with E-state index in [0.29, 0.717) is 11.0 Å². The van der Waals surface area contributed by atoms with Crippen LogP contribution in [0.15, 0.2) is 23.1 Å². The normalized spacial score (nSPS) is 12.1. The Kier molecular flexibility index (Phi) is 1.79. The van der Waals surface area contributed by atoms with E-state index in [-0.39, 0.29) is 4.90 Å². The number of sulfonamides is 1. The monoisotopic (exact) mass is 212 g/mol. The summed E-state index contributed by atoms with van der Waals surface area (Å²) in [6, 6.07) is 4.69. The first-order valence-electron chi connectivity index (χ1n) is 3.81. The largest absolute Gasteiger partial charge is 0.246 e. The van der Waals surface area contributed by atoms with E-state index < -0.39 is 10.0 Å². The highest BCUT2D eigenvalue weighted by Gasteiger charge is 2.15. The Morgan fingerprint density at radius 3 is 2.79 bits per heavy atom. The number of nitrogens with two attached hydrogens (primary N) is 1. The zero-order valence-corrected chi connectivity index (χ0v) is 8.19. The van der Waals surface area contributed by atoms with Crippen LogP contribution >= 0.6 is 0 Å². The lowest BCUT2D eigenvalue weighted by Crippen LogP contribution is -2.13. The van der Waals surface area contributed by atoms with Crippen molar-refractivity contribution in [1.29, 1.82) is 0 Å². The molecule has 0 saturated heterocycles. The summed E-state index contributed by atoms with van der Waals surface area (Å²) in [4.78, 5) is 0.0440. The molecular weight excluding hydrogens is 204 g/mol. The Balaban J connectivity index is 2.96. The van der Waals surface area contributed by atoms with Crippen LogP contribution in [0.4, 0.5) is 0 Å². The van der Waals surface area contributed by atoms with Crippen LogP contribution in [-0.4, -0.2) is 23.4 Å². The van der Waals surface area contributed by atoms with E-state index >= 15 is 0 Å². The fourth-order valence-corrected chi connectivity index (χ4v) is 2.08. The fraction of sp³-hybridized carbons (Fsp3) is 0.143. The van der Waals surface area contributed by atoms with E-state index in [4.69, 9.17) is 5.14 Å². The maximum atomic E-state index is 11.2. The van der Waals surface area contributed by atoms with Crippen LogP contribution in [0.3, 0.4) is 0 Å². The quantitative estimate of drug-likeness (QED) is 0.697. The van der Waals surface area contributed by atoms with Crippen molar-refractivity contribution >= 4 is 21.1 Å². The molecule has 0 atom stereocenters. The topological polar surface area (TPSA) is 90.9 Å². The second kappa shape index (κ2) is 2.76. The van der Waals surface area contributed by atoms with Crippen LogP contribution in [0.5, 0.6) is 0 Å². The van der Waals surface area contributed by atoms with Crippen molar-refractivity contribution in [3.05, 3.63) is 18.2 Å². The summed E-state index contributed by atoms with van der Waals surface area (Å²) in [5, 5.41) is 12.6. The van der Waals surface area contributed by atoms with Crippen LogP contribution in [0, 0.1) is 0 Å². The van der Waals surface area contributed by atoms with Gasteiger partial charge in [0.15, 0.2) is 0 Å². The summed E-state index contributed by atoms with van der Waals surface area (Å²) >= 11 is 0. The van der Waals surface area contributed by atoms with Gasteiger partial charge in [0.05, 0.1) is 0 Å². The van der Waals surface area contributed by atoms with Crippen LogP contribution in [0.2, 0.25) is 0 Å². The van der Waals surface area contributed by atoms with Gasteiger partial charge in [0.1, 0.15) is 15.9 Å². The summed E-state index contributed by atoms with van der Waals surface area (Å²) in [6.45, 7) is 0. The van der Waals surface area contributed by atoms with Gasteiger partial charge in [0, 0.05) is 7.05 Å². The second-order valence-electron chi connectivity index (χ2n) is 2.88. The zero-order valence-electron chi connectivity index (χ0n) is 7.38. The molecule has 0 amide bonds. The van der Waals surface area contributed by atoms with Crippen LogP contribution < -0.4 is 5.14 Å². The second-order valence-corrected chi connectivity index (χ2v) is 4.41. The number of hydrogen-bond acceptors (Lipinski definition) is 4. The van der Waals surface area contributed by atoms with Crippen molar-refractivity contribution in [1.82, 2.24) is 15.0 Å². The molecule has 0 saturated carbocycles. The van der Waals surface area contributed by atoms with Crippen molar-refractivity contribution in [3.63, 3.8) is 0 Å². The summed E-state index contributed by atoms with van der Waals surface area (Å²) in [5.41, 5.74) is 0.939. The van der Waals surface area contributed by atoms with Gasteiger partial charge in [-0.25, -0.2) is 18.2 Å². The molecule has 74 valence electrons. The first kappa shape index (κ1) is 9.10. The van der Waals surface area contributed by atoms with Gasteiger partial charge < -0.3 is 0 Å². The Morgan fingerprint density at radius 2 is 2.14 bits per heavy atom. The van der Waals surface area contributed by atoms with Crippen LogP contribution in [0.1, 0.15) is 0 Å². The molecule has 2 N–H and O–H groups in total. The summed E-state index contributed by atoms with van der Waals surface area (Å²) in [5.74, 6) is 0. The van der Waals surface area contributed by atoms with Crippen LogP contribution in [0.25, 0.3) is 11.0 Å². The standard InChI is InChI=1S/C7H8N4O2S/c1-11-7-5(9-10-11)3-2-4-6(7)14(8,12)13/h2-4H,1H3,(H2,8,12,13). The van der Waals surface area contributed by atoms with Gasteiger partial charge in [-0.2, -0.15) is 0 Å². The number of rotatable bonds is 1. The first-order chi connectivity index (χ1) is 6.50. The number of nitrogens with zero attached hydrogens (tertiary/aromatic N) is 3. The minimum atomic E-state index is -3.72. The lowest BCUT2D eigenvalue weighted by atomic mass is 10.3. The minimum Gasteiger partial charge on any atom is -0.246 e. The number of benzene rings is 1. The molecule has 0 aliphatic carbocycles. The number of aromatic nitrogens is 3. The molecule has 0 aliphatic rings. The Hall–Kier alpha value is -1.47. The van der Waals surface area contributed by atoms with Gasteiger partial charge in [-0.3, -0.25) is 0 Å². The summed E-state index contributed by atoms with van der Waals surface area (Å²) < 4.78 is 23.8. The Morgan fingerprint density at radius 1 is 1.43 bits per heavy atom. The number of para-hydroxylation sites is 1. The fourth-order valence-electron chi connectivity index (χ4n) is 1.31. The molecule has 2 aromatic rings. The summed E-state index contributed by atoms with van der Waals surface area (Å²) in [7, 11) is -2.11. The van der Waals surface area contributed by atoms with Crippen molar-refractivity contribution in [3.8, 4) is 0 Å². The van der Waals surface area contributed by atoms with Gasteiger partial charge in [-0.15, -0.1) is 5.10 Å². The molecule has 0 fully saturated rings. The van der Waals surface area contributed by atoms with Gasteiger partial charge in [0.25, 0.3) is 0 Å². The van der Waals surface area contributed by atoms with Crippen LogP contribution in [-0.2, 0) is 17.1 Å². The SMILES string of the molecule is Cn1nnc2cccc(S(N)(=O)=O)c21. The third-order valence-electron chi connectivity index (χ3n) is 1.89. The summed E-state index contributed by atoms with van der Waals surface area (Å²) in [6.07, 6.45) is 0. The van der Waals surface area contributed by atoms with E-state index in [1.807, 2.05) is 0 Å². The number of aryl methyl sites for hydroxylation is 1. The molecule has 0 radical (unpaired) electrons. The molecule has 2 rings (SSSR count). The molecule has 0 bridgehead atoms.